The van der Waals surface area contributed by atoms with Gasteiger partial charge in [-0.1, -0.05) is 41.9 Å². The molecule has 0 radical (unpaired) electrons. The molecule has 1 aliphatic carbocycles. The minimum absolute atomic E-state index is 0.771. The van der Waals surface area contributed by atoms with Crippen molar-refractivity contribution in [3.05, 3.63) is 83.6 Å². The number of hydrogen-bond acceptors (Lipinski definition) is 1. The molecule has 0 unspecified atom stereocenters. The normalized spacial score (nSPS) is 11.7. The summed E-state index contributed by atoms with van der Waals surface area (Å²) in [5.74, 6) is 0. The van der Waals surface area contributed by atoms with Crippen LogP contribution in [0.3, 0.4) is 0 Å². The third kappa shape index (κ3) is 1.97. The van der Waals surface area contributed by atoms with Crippen LogP contribution in [0.1, 0.15) is 5.56 Å². The third-order valence-corrected chi connectivity index (χ3v) is 4.86. The van der Waals surface area contributed by atoms with Crippen LogP contribution in [-0.2, 0) is 6.54 Å². The van der Waals surface area contributed by atoms with Gasteiger partial charge in [0.1, 0.15) is 0 Å². The molecule has 0 spiro atoms. The summed E-state index contributed by atoms with van der Waals surface area (Å²) in [6.07, 6.45) is 4.05. The Morgan fingerprint density at radius 1 is 0.917 bits per heavy atom. The summed E-state index contributed by atoms with van der Waals surface area (Å²) < 4.78 is 2.30. The number of rotatable bonds is 2. The Morgan fingerprint density at radius 3 is 2.67 bits per heavy atom. The predicted molar refractivity (Wildman–Crippen MR) is 96.9 cm³/mol. The monoisotopic (exact) mass is 329 g/mol. The molecule has 2 nitrogen and oxygen atoms in total. The number of hydrogen-bond donors (Lipinski definition) is 0. The third-order valence-electron chi connectivity index (χ3n) is 4.62. The van der Waals surface area contributed by atoms with Crippen molar-refractivity contribution < 1.29 is 4.57 Å². The van der Waals surface area contributed by atoms with Gasteiger partial charge in [-0.15, -0.1) is 0 Å². The summed E-state index contributed by atoms with van der Waals surface area (Å²) >= 11 is 6.15. The van der Waals surface area contributed by atoms with Crippen LogP contribution in [0.15, 0.2) is 73.1 Å². The van der Waals surface area contributed by atoms with Gasteiger partial charge >= 0.3 is 0 Å². The van der Waals surface area contributed by atoms with Crippen molar-refractivity contribution in [3.63, 3.8) is 0 Å². The summed E-state index contributed by atoms with van der Waals surface area (Å²) in [5.41, 5.74) is 5.98. The summed E-state index contributed by atoms with van der Waals surface area (Å²) in [6, 6.07) is 20.8. The second-order valence-corrected chi connectivity index (χ2v) is 6.53. The average Bonchev–Trinajstić information content (AvgIpc) is 2.94. The maximum atomic E-state index is 6.15. The van der Waals surface area contributed by atoms with Crippen molar-refractivity contribution in [2.24, 2.45) is 0 Å². The number of fused-ring (bicyclic) bond motifs is 3. The fourth-order valence-corrected chi connectivity index (χ4v) is 3.82. The quantitative estimate of drug-likeness (QED) is 0.422. The van der Waals surface area contributed by atoms with E-state index in [1.807, 2.05) is 24.4 Å². The lowest BCUT2D eigenvalue weighted by atomic mass is 10.1. The Morgan fingerprint density at radius 2 is 1.79 bits per heavy atom. The highest BCUT2D eigenvalue weighted by Gasteiger charge is 2.30. The van der Waals surface area contributed by atoms with E-state index in [0.29, 0.717) is 0 Å². The highest BCUT2D eigenvalue weighted by atomic mass is 35.5. The zero-order valence-electron chi connectivity index (χ0n) is 12.9. The topological polar surface area (TPSA) is 16.8 Å². The fraction of sp³-hybridized carbons (Fsp3) is 0.0476. The van der Waals surface area contributed by atoms with Crippen LogP contribution in [0.5, 0.6) is 0 Å². The smallest absolute Gasteiger partial charge is 0.223 e. The van der Waals surface area contributed by atoms with E-state index < -0.39 is 0 Å². The van der Waals surface area contributed by atoms with Crippen molar-refractivity contribution in [1.29, 1.82) is 0 Å². The molecule has 0 atom stereocenters. The standard InChI is InChI=1S/C21H14ClN2/c22-16-5-3-4-14(12-16)13-24-11-9-15-8-10-23-20-17-6-1-2-7-18(17)21(24)19(15)20/h1-12H,13H2/q+1. The minimum atomic E-state index is 0.771. The molecule has 0 N–H and O–H groups in total. The Kier molecular flexibility index (Phi) is 2.94. The molecule has 2 aromatic heterocycles. The molecule has 0 bridgehead atoms. The molecule has 4 aromatic rings. The van der Waals surface area contributed by atoms with E-state index in [4.69, 9.17) is 11.6 Å². The largest absolute Gasteiger partial charge is 0.255 e. The zero-order chi connectivity index (χ0) is 16.1. The maximum Gasteiger partial charge on any atom is 0.223 e. The van der Waals surface area contributed by atoms with Gasteiger partial charge in [0.25, 0.3) is 0 Å². The van der Waals surface area contributed by atoms with E-state index in [1.54, 1.807) is 0 Å². The number of benzene rings is 2. The zero-order valence-corrected chi connectivity index (χ0v) is 13.7. The molecule has 0 saturated heterocycles. The summed E-state index contributed by atoms with van der Waals surface area (Å²) in [5, 5.41) is 3.24. The van der Waals surface area contributed by atoms with E-state index in [9.17, 15) is 0 Å². The van der Waals surface area contributed by atoms with Crippen molar-refractivity contribution >= 4 is 22.4 Å². The van der Waals surface area contributed by atoms with E-state index in [1.165, 1.54) is 33.2 Å². The highest BCUT2D eigenvalue weighted by molar-refractivity contribution is 6.30. The number of nitrogens with zero attached hydrogens (tertiary/aromatic N) is 2. The first-order valence-corrected chi connectivity index (χ1v) is 8.34. The molecule has 0 fully saturated rings. The highest BCUT2D eigenvalue weighted by Crippen LogP contribution is 2.43. The van der Waals surface area contributed by atoms with Gasteiger partial charge in [-0.2, -0.15) is 4.57 Å². The van der Waals surface area contributed by atoms with Crippen LogP contribution >= 0.6 is 11.6 Å². The van der Waals surface area contributed by atoms with Gasteiger partial charge in [0.15, 0.2) is 12.7 Å². The molecule has 1 aliphatic rings. The molecule has 0 aliphatic heterocycles. The first-order chi connectivity index (χ1) is 11.8. The van der Waals surface area contributed by atoms with Gasteiger partial charge in [-0.3, -0.25) is 4.98 Å². The van der Waals surface area contributed by atoms with Crippen LogP contribution in [-0.4, -0.2) is 4.98 Å². The second kappa shape index (κ2) is 5.15. The second-order valence-electron chi connectivity index (χ2n) is 6.09. The van der Waals surface area contributed by atoms with Crippen LogP contribution in [0.25, 0.3) is 33.3 Å². The van der Waals surface area contributed by atoms with Crippen LogP contribution in [0.4, 0.5) is 0 Å². The SMILES string of the molecule is Clc1cccc(C[n+]2ccc3ccnc4c3c2-c2ccccc2-4)c1. The predicted octanol–water partition coefficient (Wildman–Crippen LogP) is 4.87. The van der Waals surface area contributed by atoms with E-state index in [0.717, 1.165) is 17.3 Å². The molecule has 0 saturated carbocycles. The van der Waals surface area contributed by atoms with Gasteiger partial charge in [0.05, 0.1) is 16.6 Å². The lowest BCUT2D eigenvalue weighted by molar-refractivity contribution is -0.676. The van der Waals surface area contributed by atoms with E-state index in [2.05, 4.69) is 58.2 Å². The Balaban J connectivity index is 1.78. The molecule has 2 aromatic carbocycles. The number of halogens is 1. The van der Waals surface area contributed by atoms with Crippen molar-refractivity contribution in [3.8, 4) is 22.5 Å². The first-order valence-electron chi connectivity index (χ1n) is 7.97. The maximum absolute atomic E-state index is 6.15. The Bertz CT molecular complexity index is 1100. The number of aromatic nitrogens is 2. The van der Waals surface area contributed by atoms with Crippen molar-refractivity contribution in [2.45, 2.75) is 6.54 Å². The molecule has 24 heavy (non-hydrogen) atoms. The molecule has 2 heterocycles. The van der Waals surface area contributed by atoms with Gasteiger partial charge in [-0.05, 0) is 29.7 Å². The average molecular weight is 330 g/mol. The first kappa shape index (κ1) is 13.7. The van der Waals surface area contributed by atoms with Crippen molar-refractivity contribution in [2.75, 3.05) is 0 Å². The Labute approximate surface area is 145 Å². The number of pyridine rings is 2. The summed E-state index contributed by atoms with van der Waals surface area (Å²) in [4.78, 5) is 4.65. The lowest BCUT2D eigenvalue weighted by Gasteiger charge is -2.05. The molecular weight excluding hydrogens is 316 g/mol. The molecular formula is C21H14ClN2+. The van der Waals surface area contributed by atoms with E-state index in [-0.39, 0.29) is 0 Å². The van der Waals surface area contributed by atoms with Gasteiger partial charge < -0.3 is 0 Å². The fourth-order valence-electron chi connectivity index (χ4n) is 3.61. The summed E-state index contributed by atoms with van der Waals surface area (Å²) in [6.45, 7) is 0.786. The lowest BCUT2D eigenvalue weighted by Crippen LogP contribution is -2.36. The minimum Gasteiger partial charge on any atom is -0.255 e. The Hall–Kier alpha value is -2.71. The van der Waals surface area contributed by atoms with Gasteiger partial charge in [0, 0.05) is 28.4 Å². The molecule has 0 amide bonds. The van der Waals surface area contributed by atoms with Crippen LogP contribution in [0.2, 0.25) is 5.02 Å². The van der Waals surface area contributed by atoms with Crippen molar-refractivity contribution in [1.82, 2.24) is 4.98 Å². The van der Waals surface area contributed by atoms with Gasteiger partial charge in [0.2, 0.25) is 5.69 Å². The van der Waals surface area contributed by atoms with E-state index >= 15 is 0 Å². The summed E-state index contributed by atoms with van der Waals surface area (Å²) in [7, 11) is 0. The van der Waals surface area contributed by atoms with Crippen LogP contribution < -0.4 is 4.57 Å². The molecule has 114 valence electrons. The molecule has 3 heteroatoms. The molecule has 5 rings (SSSR count). The van der Waals surface area contributed by atoms with Crippen LogP contribution in [0, 0.1) is 0 Å². The van der Waals surface area contributed by atoms with Gasteiger partial charge in [-0.25, -0.2) is 0 Å².